The van der Waals surface area contributed by atoms with Gasteiger partial charge in [0.25, 0.3) is 0 Å². The van der Waals surface area contributed by atoms with Gasteiger partial charge in [-0.2, -0.15) is 11.8 Å². The Bertz CT molecular complexity index is 149. The Morgan fingerprint density at radius 2 is 2.42 bits per heavy atom. The van der Waals surface area contributed by atoms with Crippen LogP contribution >= 0.6 is 35.7 Å². The molecular formula is C8H15NS3. The van der Waals surface area contributed by atoms with E-state index >= 15 is 0 Å². The van der Waals surface area contributed by atoms with E-state index in [1.807, 2.05) is 23.5 Å². The second-order valence-electron chi connectivity index (χ2n) is 2.71. The molecule has 1 aliphatic rings. The summed E-state index contributed by atoms with van der Waals surface area (Å²) in [5.74, 6) is 3.71. The number of thioether (sulfide) groups is 2. The largest absolute Gasteiger partial charge is 0.356 e. The van der Waals surface area contributed by atoms with Gasteiger partial charge in [0.1, 0.15) is 4.32 Å². The lowest BCUT2D eigenvalue weighted by atomic mass is 10.6. The van der Waals surface area contributed by atoms with Crippen LogP contribution < -0.4 is 0 Å². The third-order valence-corrected chi connectivity index (χ3v) is 4.37. The number of nitrogens with zero attached hydrogens (tertiary/aromatic N) is 1. The van der Waals surface area contributed by atoms with Gasteiger partial charge < -0.3 is 4.90 Å². The summed E-state index contributed by atoms with van der Waals surface area (Å²) >= 11 is 9.05. The minimum atomic E-state index is 1.10. The van der Waals surface area contributed by atoms with Crippen molar-refractivity contribution in [3.63, 3.8) is 0 Å². The maximum Gasteiger partial charge on any atom is 0.136 e. The Labute approximate surface area is 88.7 Å². The van der Waals surface area contributed by atoms with Crippen molar-refractivity contribution in [2.75, 3.05) is 30.3 Å². The van der Waals surface area contributed by atoms with Gasteiger partial charge in [-0.25, -0.2) is 0 Å². The summed E-state index contributed by atoms with van der Waals surface area (Å²) in [4.78, 5) is 2.32. The van der Waals surface area contributed by atoms with E-state index in [-0.39, 0.29) is 0 Å². The molecule has 1 aliphatic heterocycles. The molecule has 1 fully saturated rings. The van der Waals surface area contributed by atoms with Crippen LogP contribution in [0.2, 0.25) is 0 Å². The van der Waals surface area contributed by atoms with E-state index in [0.717, 1.165) is 17.4 Å². The topological polar surface area (TPSA) is 3.24 Å². The van der Waals surface area contributed by atoms with E-state index in [9.17, 15) is 0 Å². The molecule has 0 amide bonds. The highest BCUT2D eigenvalue weighted by Crippen LogP contribution is 2.18. The second-order valence-corrected chi connectivity index (χ2v) is 5.67. The number of thiocarbonyl (C=S) groups is 1. The molecule has 0 aromatic rings. The molecule has 1 heterocycles. The lowest BCUT2D eigenvalue weighted by Crippen LogP contribution is -2.25. The molecule has 12 heavy (non-hydrogen) atoms. The van der Waals surface area contributed by atoms with E-state index in [2.05, 4.69) is 11.8 Å². The van der Waals surface area contributed by atoms with Gasteiger partial charge in [-0.15, -0.1) is 0 Å². The summed E-state index contributed by atoms with van der Waals surface area (Å²) in [5.41, 5.74) is 0. The van der Waals surface area contributed by atoms with E-state index < -0.39 is 0 Å². The minimum Gasteiger partial charge on any atom is -0.356 e. The highest BCUT2D eigenvalue weighted by molar-refractivity contribution is 8.23. The molecule has 1 saturated heterocycles. The number of hydrogen-bond donors (Lipinski definition) is 0. The fourth-order valence-electron chi connectivity index (χ4n) is 1.05. The standard InChI is InChI=1S/C8H15NS3/c1-2-5-11-6-3-9-4-7-12-8(9)10/h2-7H2,1H3. The van der Waals surface area contributed by atoms with E-state index in [0.29, 0.717) is 0 Å². The second kappa shape index (κ2) is 6.11. The Morgan fingerprint density at radius 3 is 3.00 bits per heavy atom. The average Bonchev–Trinajstić information content (AvgIpc) is 2.46. The summed E-state index contributed by atoms with van der Waals surface area (Å²) in [6.07, 6.45) is 1.28. The predicted molar refractivity (Wildman–Crippen MR) is 64.2 cm³/mol. The van der Waals surface area contributed by atoms with Gasteiger partial charge in [0.2, 0.25) is 0 Å². The molecular weight excluding hydrogens is 206 g/mol. The minimum absolute atomic E-state index is 1.10. The molecule has 0 N–H and O–H groups in total. The zero-order valence-electron chi connectivity index (χ0n) is 7.41. The molecule has 0 spiro atoms. The molecule has 0 atom stereocenters. The van der Waals surface area contributed by atoms with Crippen LogP contribution in [0.15, 0.2) is 0 Å². The smallest absolute Gasteiger partial charge is 0.136 e. The average molecular weight is 221 g/mol. The van der Waals surface area contributed by atoms with Crippen molar-refractivity contribution in [1.82, 2.24) is 4.90 Å². The number of rotatable bonds is 5. The predicted octanol–water partition coefficient (Wildman–Crippen LogP) is 2.46. The van der Waals surface area contributed by atoms with Gasteiger partial charge >= 0.3 is 0 Å². The SMILES string of the molecule is CCCSCCN1CCSC1=S. The zero-order chi connectivity index (χ0) is 8.81. The van der Waals surface area contributed by atoms with Crippen molar-refractivity contribution in [3.05, 3.63) is 0 Å². The lowest BCUT2D eigenvalue weighted by molar-refractivity contribution is 0.500. The zero-order valence-corrected chi connectivity index (χ0v) is 9.86. The van der Waals surface area contributed by atoms with Crippen LogP contribution in [0.4, 0.5) is 0 Å². The Kier molecular flexibility index (Phi) is 5.43. The first-order chi connectivity index (χ1) is 5.84. The Balaban J connectivity index is 2.02. The first-order valence-electron chi connectivity index (χ1n) is 4.34. The monoisotopic (exact) mass is 221 g/mol. The summed E-state index contributed by atoms with van der Waals surface area (Å²) in [6, 6.07) is 0. The van der Waals surface area contributed by atoms with Crippen LogP contribution in [-0.2, 0) is 0 Å². The fraction of sp³-hybridized carbons (Fsp3) is 0.875. The van der Waals surface area contributed by atoms with Gasteiger partial charge in [0, 0.05) is 24.6 Å². The normalized spacial score (nSPS) is 17.4. The molecule has 1 nitrogen and oxygen atoms in total. The fourth-order valence-corrected chi connectivity index (χ4v) is 3.18. The molecule has 0 unspecified atom stereocenters. The number of hydrogen-bond acceptors (Lipinski definition) is 3. The van der Waals surface area contributed by atoms with Crippen LogP contribution in [0.5, 0.6) is 0 Å². The maximum absolute atomic E-state index is 5.20. The van der Waals surface area contributed by atoms with Crippen LogP contribution in [0.3, 0.4) is 0 Å². The summed E-state index contributed by atoms with van der Waals surface area (Å²) < 4.78 is 1.10. The maximum atomic E-state index is 5.20. The van der Waals surface area contributed by atoms with Crippen LogP contribution in [0.1, 0.15) is 13.3 Å². The van der Waals surface area contributed by atoms with Crippen molar-refractivity contribution >= 4 is 40.1 Å². The van der Waals surface area contributed by atoms with Crippen molar-refractivity contribution in [2.24, 2.45) is 0 Å². The van der Waals surface area contributed by atoms with E-state index in [1.54, 1.807) is 0 Å². The van der Waals surface area contributed by atoms with Gasteiger partial charge in [-0.1, -0.05) is 30.9 Å². The molecule has 70 valence electrons. The van der Waals surface area contributed by atoms with E-state index in [1.165, 1.54) is 23.7 Å². The summed E-state index contributed by atoms with van der Waals surface area (Å²) in [5, 5.41) is 0. The highest BCUT2D eigenvalue weighted by atomic mass is 32.2. The summed E-state index contributed by atoms with van der Waals surface area (Å²) in [6.45, 7) is 4.54. The van der Waals surface area contributed by atoms with Crippen molar-refractivity contribution in [3.8, 4) is 0 Å². The molecule has 0 aromatic heterocycles. The van der Waals surface area contributed by atoms with Gasteiger partial charge in [-0.3, -0.25) is 0 Å². The van der Waals surface area contributed by atoms with Crippen molar-refractivity contribution in [2.45, 2.75) is 13.3 Å². The highest BCUT2D eigenvalue weighted by Gasteiger charge is 2.15. The quantitative estimate of drug-likeness (QED) is 0.518. The first kappa shape index (κ1) is 10.7. The molecule has 4 heteroatoms. The van der Waals surface area contributed by atoms with E-state index in [4.69, 9.17) is 12.2 Å². The Hall–Kier alpha value is 0.590. The third kappa shape index (κ3) is 3.54. The molecule has 0 bridgehead atoms. The lowest BCUT2D eigenvalue weighted by Gasteiger charge is -2.15. The molecule has 0 aliphatic carbocycles. The molecule has 0 saturated carbocycles. The van der Waals surface area contributed by atoms with Crippen LogP contribution in [0.25, 0.3) is 0 Å². The van der Waals surface area contributed by atoms with Gasteiger partial charge in [0.05, 0.1) is 0 Å². The van der Waals surface area contributed by atoms with Crippen LogP contribution in [-0.4, -0.2) is 39.6 Å². The van der Waals surface area contributed by atoms with Crippen molar-refractivity contribution in [1.29, 1.82) is 0 Å². The Morgan fingerprint density at radius 1 is 1.58 bits per heavy atom. The first-order valence-corrected chi connectivity index (χ1v) is 6.89. The molecule has 0 radical (unpaired) electrons. The van der Waals surface area contributed by atoms with Crippen molar-refractivity contribution < 1.29 is 0 Å². The molecule has 1 rings (SSSR count). The van der Waals surface area contributed by atoms with Gasteiger partial charge in [0.15, 0.2) is 0 Å². The third-order valence-electron chi connectivity index (χ3n) is 1.70. The van der Waals surface area contributed by atoms with Gasteiger partial charge in [-0.05, 0) is 12.2 Å². The van der Waals surface area contributed by atoms with Crippen LogP contribution in [0, 0.1) is 0 Å². The molecule has 0 aromatic carbocycles. The summed E-state index contributed by atoms with van der Waals surface area (Å²) in [7, 11) is 0.